The van der Waals surface area contributed by atoms with Crippen molar-refractivity contribution in [3.63, 3.8) is 0 Å². The maximum Gasteiger partial charge on any atom is 0.179 e. The predicted molar refractivity (Wildman–Crippen MR) is 94.5 cm³/mol. The molecule has 1 aliphatic heterocycles. The molecule has 0 spiro atoms. The van der Waals surface area contributed by atoms with Gasteiger partial charge in [0, 0.05) is 44.1 Å². The van der Waals surface area contributed by atoms with E-state index in [2.05, 4.69) is 27.3 Å². The number of rotatable bonds is 6. The first-order chi connectivity index (χ1) is 11.1. The van der Waals surface area contributed by atoms with Crippen LogP contribution in [-0.2, 0) is 16.4 Å². The van der Waals surface area contributed by atoms with Gasteiger partial charge in [0.1, 0.15) is 0 Å². The van der Waals surface area contributed by atoms with E-state index in [1.165, 1.54) is 4.88 Å². The van der Waals surface area contributed by atoms with E-state index in [1.807, 2.05) is 6.07 Å². The molecule has 2 heterocycles. The third-order valence-corrected chi connectivity index (χ3v) is 6.77. The van der Waals surface area contributed by atoms with Crippen molar-refractivity contribution in [2.75, 3.05) is 38.5 Å². The smallest absolute Gasteiger partial charge is 0.179 e. The van der Waals surface area contributed by atoms with Crippen molar-refractivity contribution in [1.82, 2.24) is 9.80 Å². The Labute approximate surface area is 142 Å². The fourth-order valence-electron chi connectivity index (χ4n) is 2.79. The van der Waals surface area contributed by atoms with Gasteiger partial charge in [-0.1, -0.05) is 24.3 Å². The third-order valence-electron chi connectivity index (χ3n) is 4.20. The summed E-state index contributed by atoms with van der Waals surface area (Å²) in [6.07, 6.45) is 0. The van der Waals surface area contributed by atoms with Crippen LogP contribution in [0.15, 0.2) is 52.7 Å². The molecule has 4 nitrogen and oxygen atoms in total. The molecule has 1 fully saturated rings. The van der Waals surface area contributed by atoms with E-state index < -0.39 is 9.84 Å². The minimum absolute atomic E-state index is 0.196. The Bertz CT molecular complexity index is 691. The fraction of sp³-hybridized carbons (Fsp3) is 0.412. The zero-order valence-electron chi connectivity index (χ0n) is 13.1. The molecule has 124 valence electrons. The molecule has 1 aromatic carbocycles. The second kappa shape index (κ2) is 7.57. The molecule has 0 saturated carbocycles. The molecule has 0 bridgehead atoms. The van der Waals surface area contributed by atoms with E-state index >= 15 is 0 Å². The van der Waals surface area contributed by atoms with Crippen LogP contribution in [-0.4, -0.2) is 56.7 Å². The highest BCUT2D eigenvalue weighted by atomic mass is 32.2. The molecule has 1 aromatic heterocycles. The zero-order chi connectivity index (χ0) is 16.1. The highest BCUT2D eigenvalue weighted by Gasteiger charge is 2.20. The average Bonchev–Trinajstić information content (AvgIpc) is 3.08. The number of piperazine rings is 1. The Morgan fingerprint density at radius 3 is 2.26 bits per heavy atom. The van der Waals surface area contributed by atoms with Crippen molar-refractivity contribution in [3.8, 4) is 0 Å². The lowest BCUT2D eigenvalue weighted by Crippen LogP contribution is -2.47. The molecule has 23 heavy (non-hydrogen) atoms. The van der Waals surface area contributed by atoms with Crippen LogP contribution in [0.1, 0.15) is 4.88 Å². The molecule has 6 heteroatoms. The van der Waals surface area contributed by atoms with Gasteiger partial charge in [-0.3, -0.25) is 9.80 Å². The summed E-state index contributed by atoms with van der Waals surface area (Å²) in [5.74, 6) is 0.196. The van der Waals surface area contributed by atoms with E-state index in [0.717, 1.165) is 32.7 Å². The Balaban J connectivity index is 1.46. The molecule has 3 rings (SSSR count). The van der Waals surface area contributed by atoms with E-state index in [1.54, 1.807) is 35.6 Å². The molecule has 0 N–H and O–H groups in total. The standard InChI is InChI=1S/C17H22N2O2S2/c20-23(21,17-6-2-1-3-7-17)14-12-18-8-10-19(11-9-18)15-16-5-4-13-22-16/h1-7,13H,8-12,14-15H2. The Kier molecular flexibility index (Phi) is 5.48. The lowest BCUT2D eigenvalue weighted by molar-refractivity contribution is 0.133. The molecular formula is C17H22N2O2S2. The van der Waals surface area contributed by atoms with Crippen molar-refractivity contribution in [1.29, 1.82) is 0 Å². The van der Waals surface area contributed by atoms with Crippen LogP contribution in [0.2, 0.25) is 0 Å². The number of benzene rings is 1. The van der Waals surface area contributed by atoms with Gasteiger partial charge in [0.05, 0.1) is 10.6 Å². The van der Waals surface area contributed by atoms with E-state index in [9.17, 15) is 8.42 Å². The third kappa shape index (κ3) is 4.64. The van der Waals surface area contributed by atoms with E-state index in [0.29, 0.717) is 11.4 Å². The van der Waals surface area contributed by atoms with Gasteiger partial charge < -0.3 is 0 Å². The van der Waals surface area contributed by atoms with Crippen molar-refractivity contribution < 1.29 is 8.42 Å². The van der Waals surface area contributed by atoms with Gasteiger partial charge in [-0.2, -0.15) is 0 Å². The number of nitrogens with zero attached hydrogens (tertiary/aromatic N) is 2. The number of sulfone groups is 1. The number of thiophene rings is 1. The number of hydrogen-bond donors (Lipinski definition) is 0. The van der Waals surface area contributed by atoms with Crippen LogP contribution >= 0.6 is 11.3 Å². The van der Waals surface area contributed by atoms with Crippen LogP contribution in [0, 0.1) is 0 Å². The summed E-state index contributed by atoms with van der Waals surface area (Å²) in [6, 6.07) is 13.0. The topological polar surface area (TPSA) is 40.6 Å². The predicted octanol–water partition coefficient (Wildman–Crippen LogP) is 2.34. The second-order valence-corrected chi connectivity index (χ2v) is 8.97. The van der Waals surface area contributed by atoms with Gasteiger partial charge in [0.2, 0.25) is 0 Å². The normalized spacial score (nSPS) is 17.4. The largest absolute Gasteiger partial charge is 0.300 e. The summed E-state index contributed by atoms with van der Waals surface area (Å²) >= 11 is 1.79. The molecule has 1 aliphatic rings. The van der Waals surface area contributed by atoms with Crippen LogP contribution in [0.5, 0.6) is 0 Å². The summed E-state index contributed by atoms with van der Waals surface area (Å²) in [5.41, 5.74) is 0. The summed E-state index contributed by atoms with van der Waals surface area (Å²) in [7, 11) is -3.17. The van der Waals surface area contributed by atoms with Crippen molar-refractivity contribution in [2.45, 2.75) is 11.4 Å². The van der Waals surface area contributed by atoms with Gasteiger partial charge >= 0.3 is 0 Å². The quantitative estimate of drug-likeness (QED) is 0.802. The molecule has 0 atom stereocenters. The van der Waals surface area contributed by atoms with Crippen LogP contribution in [0.25, 0.3) is 0 Å². The molecule has 2 aromatic rings. The maximum absolute atomic E-state index is 12.3. The van der Waals surface area contributed by atoms with Crippen molar-refractivity contribution in [3.05, 3.63) is 52.7 Å². The minimum Gasteiger partial charge on any atom is -0.300 e. The Morgan fingerprint density at radius 2 is 1.61 bits per heavy atom. The highest BCUT2D eigenvalue weighted by Crippen LogP contribution is 2.14. The van der Waals surface area contributed by atoms with Crippen LogP contribution in [0.3, 0.4) is 0 Å². The molecule has 0 unspecified atom stereocenters. The summed E-state index contributed by atoms with van der Waals surface area (Å²) < 4.78 is 24.6. The van der Waals surface area contributed by atoms with Gasteiger partial charge in [0.15, 0.2) is 9.84 Å². The van der Waals surface area contributed by atoms with Crippen LogP contribution < -0.4 is 0 Å². The zero-order valence-corrected chi connectivity index (χ0v) is 14.7. The van der Waals surface area contributed by atoms with Gasteiger partial charge in [-0.25, -0.2) is 8.42 Å². The summed E-state index contributed by atoms with van der Waals surface area (Å²) in [6.45, 7) is 5.51. The molecule has 0 aliphatic carbocycles. The van der Waals surface area contributed by atoms with E-state index in [4.69, 9.17) is 0 Å². The minimum atomic E-state index is -3.17. The van der Waals surface area contributed by atoms with Gasteiger partial charge in [0.25, 0.3) is 0 Å². The first kappa shape index (κ1) is 16.6. The average molecular weight is 351 g/mol. The Morgan fingerprint density at radius 1 is 0.913 bits per heavy atom. The first-order valence-electron chi connectivity index (χ1n) is 7.88. The SMILES string of the molecule is O=S(=O)(CCN1CCN(Cc2cccs2)CC1)c1ccccc1. The highest BCUT2D eigenvalue weighted by molar-refractivity contribution is 7.91. The fourth-order valence-corrected chi connectivity index (χ4v) is 4.84. The monoisotopic (exact) mass is 350 g/mol. The molecular weight excluding hydrogens is 328 g/mol. The van der Waals surface area contributed by atoms with Crippen molar-refractivity contribution in [2.24, 2.45) is 0 Å². The lowest BCUT2D eigenvalue weighted by Gasteiger charge is -2.34. The maximum atomic E-state index is 12.3. The van der Waals surface area contributed by atoms with Crippen LogP contribution in [0.4, 0.5) is 0 Å². The van der Waals surface area contributed by atoms with E-state index in [-0.39, 0.29) is 5.75 Å². The lowest BCUT2D eigenvalue weighted by atomic mass is 10.3. The summed E-state index contributed by atoms with van der Waals surface area (Å²) in [4.78, 5) is 6.51. The van der Waals surface area contributed by atoms with Gasteiger partial charge in [-0.15, -0.1) is 11.3 Å². The van der Waals surface area contributed by atoms with Crippen molar-refractivity contribution >= 4 is 21.2 Å². The second-order valence-electron chi connectivity index (χ2n) is 5.83. The number of hydrogen-bond acceptors (Lipinski definition) is 5. The van der Waals surface area contributed by atoms with Gasteiger partial charge in [-0.05, 0) is 23.6 Å². The summed E-state index contributed by atoms with van der Waals surface area (Å²) in [5, 5.41) is 2.11. The molecule has 0 radical (unpaired) electrons. The first-order valence-corrected chi connectivity index (χ1v) is 10.4. The molecule has 1 saturated heterocycles. The molecule has 0 amide bonds. The Hall–Kier alpha value is -1.21.